The van der Waals surface area contributed by atoms with E-state index in [-0.39, 0.29) is 5.78 Å². The Labute approximate surface area is 164 Å². The van der Waals surface area contributed by atoms with Gasteiger partial charge in [0, 0.05) is 60.5 Å². The van der Waals surface area contributed by atoms with E-state index in [2.05, 4.69) is 20.9 Å². The molecule has 0 amide bonds. The van der Waals surface area contributed by atoms with Crippen LogP contribution >= 0.6 is 0 Å². The minimum Gasteiger partial charge on any atom is -0.387 e. The van der Waals surface area contributed by atoms with Crippen molar-refractivity contribution in [1.29, 1.82) is 5.26 Å². The van der Waals surface area contributed by atoms with Crippen LogP contribution in [0.4, 0.5) is 11.5 Å². The van der Waals surface area contributed by atoms with Gasteiger partial charge in [0.25, 0.3) is 0 Å². The number of imidazole rings is 1. The fourth-order valence-corrected chi connectivity index (χ4v) is 1.94. The number of ketones is 1. The molecule has 3 N–H and O–H groups in total. The molecule has 0 aromatic carbocycles. The van der Waals surface area contributed by atoms with Crippen molar-refractivity contribution in [2.24, 2.45) is 14.1 Å². The molecule has 28 heavy (non-hydrogen) atoms. The molecule has 152 valence electrons. The Kier molecular flexibility index (Phi) is 11.8. The first kappa shape index (κ1) is 24.4. The van der Waals surface area contributed by atoms with Gasteiger partial charge in [0.1, 0.15) is 12.1 Å². The van der Waals surface area contributed by atoms with Gasteiger partial charge in [0.2, 0.25) is 0 Å². The summed E-state index contributed by atoms with van der Waals surface area (Å²) in [4.78, 5) is 34.8. The molecule has 0 fully saturated rings. The number of carbonyl (C=O) groups is 3. The van der Waals surface area contributed by atoms with Crippen LogP contribution in [0.25, 0.3) is 0 Å². The fourth-order valence-electron chi connectivity index (χ4n) is 1.94. The van der Waals surface area contributed by atoms with Crippen LogP contribution in [0.2, 0.25) is 0 Å². The highest BCUT2D eigenvalue weighted by Gasteiger charge is 2.07. The van der Waals surface area contributed by atoms with Gasteiger partial charge in [0.15, 0.2) is 24.1 Å². The maximum Gasteiger partial charge on any atom is 0.195 e. The number of anilines is 2. The van der Waals surface area contributed by atoms with Gasteiger partial charge in [-0.25, -0.2) is 4.98 Å². The normalized spacial score (nSPS) is 8.86. The van der Waals surface area contributed by atoms with Crippen molar-refractivity contribution in [3.63, 3.8) is 0 Å². The van der Waals surface area contributed by atoms with Gasteiger partial charge < -0.3 is 29.9 Å². The molecule has 2 aromatic heterocycles. The van der Waals surface area contributed by atoms with Gasteiger partial charge in [0.05, 0.1) is 11.4 Å². The quantitative estimate of drug-likeness (QED) is 0.211. The molecule has 10 nitrogen and oxygen atoms in total. The second-order valence-electron chi connectivity index (χ2n) is 5.49. The van der Waals surface area contributed by atoms with E-state index in [0.29, 0.717) is 24.5 Å². The van der Waals surface area contributed by atoms with Gasteiger partial charge in [-0.15, -0.1) is 0 Å². The third kappa shape index (κ3) is 8.66. The third-order valence-electron chi connectivity index (χ3n) is 3.37. The topological polar surface area (TPSA) is 134 Å². The number of nitriles is 1. The van der Waals surface area contributed by atoms with Crippen molar-refractivity contribution in [3.05, 3.63) is 30.0 Å². The van der Waals surface area contributed by atoms with E-state index < -0.39 is 0 Å². The van der Waals surface area contributed by atoms with Gasteiger partial charge in [-0.3, -0.25) is 9.59 Å². The smallest absolute Gasteiger partial charge is 0.195 e. The number of hydrogen-bond acceptors (Lipinski definition) is 8. The van der Waals surface area contributed by atoms with E-state index >= 15 is 0 Å². The summed E-state index contributed by atoms with van der Waals surface area (Å²) in [6, 6.07) is 1.80. The zero-order valence-corrected chi connectivity index (χ0v) is 16.8. The Morgan fingerprint density at radius 3 is 2.21 bits per heavy atom. The number of nitrogens with zero attached hydrogens (tertiary/aromatic N) is 4. The summed E-state index contributed by atoms with van der Waals surface area (Å²) in [7, 11) is 7.23. The standard InChI is InChI=1S/C7H11N3O.C7H10N2O.C4H6N2O/c1-5(11)7-9-6(8-2)4-10(7)3;1-8-6-3-7(5-10)9(2)4-6;5-4-6-2-1-3-7/h4,8H,1-3H3;3-5,8H,1-2H3;3,6H,1-2H2. The van der Waals surface area contributed by atoms with Crippen molar-refractivity contribution >= 4 is 29.9 Å². The summed E-state index contributed by atoms with van der Waals surface area (Å²) in [5.74, 6) is 1.18. The molecule has 0 aliphatic heterocycles. The van der Waals surface area contributed by atoms with Crippen molar-refractivity contribution in [3.8, 4) is 6.19 Å². The second kappa shape index (κ2) is 13.6. The zero-order chi connectivity index (χ0) is 21.5. The maximum absolute atomic E-state index is 10.9. The van der Waals surface area contributed by atoms with E-state index in [0.717, 1.165) is 24.1 Å². The first-order chi connectivity index (χ1) is 13.3. The van der Waals surface area contributed by atoms with E-state index in [1.54, 1.807) is 41.7 Å². The lowest BCUT2D eigenvalue weighted by Gasteiger charge is -1.91. The van der Waals surface area contributed by atoms with Crippen LogP contribution < -0.4 is 16.0 Å². The molecule has 0 aliphatic carbocycles. The summed E-state index contributed by atoms with van der Waals surface area (Å²) in [6.45, 7) is 1.96. The summed E-state index contributed by atoms with van der Waals surface area (Å²) in [5.41, 5.74) is 1.65. The van der Waals surface area contributed by atoms with Crippen LogP contribution in [0.3, 0.4) is 0 Å². The molecule has 2 heterocycles. The molecule has 0 aliphatic rings. The minimum atomic E-state index is -0.0194. The van der Waals surface area contributed by atoms with Crippen LogP contribution in [0.15, 0.2) is 18.5 Å². The molecule has 0 bridgehead atoms. The lowest BCUT2D eigenvalue weighted by molar-refractivity contribution is -0.107. The molecule has 0 radical (unpaired) electrons. The predicted molar refractivity (Wildman–Crippen MR) is 107 cm³/mol. The predicted octanol–water partition coefficient (Wildman–Crippen LogP) is 1.19. The summed E-state index contributed by atoms with van der Waals surface area (Å²) in [5, 5.41) is 15.9. The molecule has 0 atom stereocenters. The zero-order valence-electron chi connectivity index (χ0n) is 16.8. The highest BCUT2D eigenvalue weighted by Crippen LogP contribution is 2.09. The number of carbonyl (C=O) groups excluding carboxylic acids is 3. The number of hydrogen-bond donors (Lipinski definition) is 3. The molecular weight excluding hydrogens is 362 g/mol. The number of nitrogens with one attached hydrogen (secondary N) is 3. The number of aryl methyl sites for hydroxylation is 2. The molecule has 0 unspecified atom stereocenters. The first-order valence-electron chi connectivity index (χ1n) is 8.41. The van der Waals surface area contributed by atoms with Crippen LogP contribution in [0, 0.1) is 11.5 Å². The SMILES string of the molecule is CNc1cc(C=O)n(C)c1.CNc1cn(C)c(C(C)=O)n1.N#CNCCC=O. The molecule has 0 spiro atoms. The van der Waals surface area contributed by atoms with Crippen LogP contribution in [0.1, 0.15) is 34.5 Å². The van der Waals surface area contributed by atoms with Crippen molar-refractivity contribution < 1.29 is 14.4 Å². The van der Waals surface area contributed by atoms with E-state index in [4.69, 9.17) is 5.26 Å². The summed E-state index contributed by atoms with van der Waals surface area (Å²) in [6.07, 6.45) is 7.35. The maximum atomic E-state index is 10.9. The Hall–Kier alpha value is -3.61. The average Bonchev–Trinajstić information content (AvgIpc) is 3.25. The largest absolute Gasteiger partial charge is 0.387 e. The summed E-state index contributed by atoms with van der Waals surface area (Å²) >= 11 is 0. The lowest BCUT2D eigenvalue weighted by atomic mass is 10.4. The number of rotatable bonds is 7. The van der Waals surface area contributed by atoms with Crippen LogP contribution in [-0.2, 0) is 18.9 Å². The van der Waals surface area contributed by atoms with Crippen LogP contribution in [0.5, 0.6) is 0 Å². The van der Waals surface area contributed by atoms with Gasteiger partial charge in [-0.1, -0.05) is 0 Å². The van der Waals surface area contributed by atoms with Gasteiger partial charge >= 0.3 is 0 Å². The number of aldehydes is 2. The van der Waals surface area contributed by atoms with Crippen LogP contribution in [-0.4, -0.2) is 53.1 Å². The summed E-state index contributed by atoms with van der Waals surface area (Å²) < 4.78 is 3.48. The third-order valence-corrected chi connectivity index (χ3v) is 3.37. The molecular formula is C18H27N7O3. The number of Topliss-reactive ketones (excluding diaryl/α,β-unsaturated/α-hetero) is 1. The fraction of sp³-hybridized carbons (Fsp3) is 0.389. The van der Waals surface area contributed by atoms with E-state index in [9.17, 15) is 14.4 Å². The van der Waals surface area contributed by atoms with Crippen molar-refractivity contribution in [2.75, 3.05) is 31.3 Å². The number of aromatic nitrogens is 3. The molecule has 10 heteroatoms. The van der Waals surface area contributed by atoms with Crippen molar-refractivity contribution in [2.45, 2.75) is 13.3 Å². The van der Waals surface area contributed by atoms with Gasteiger partial charge in [-0.05, 0) is 6.07 Å². The first-order valence-corrected chi connectivity index (χ1v) is 8.41. The lowest BCUT2D eigenvalue weighted by Crippen LogP contribution is -2.06. The Morgan fingerprint density at radius 1 is 1.21 bits per heavy atom. The average molecular weight is 389 g/mol. The molecule has 2 rings (SSSR count). The monoisotopic (exact) mass is 389 g/mol. The Balaban J connectivity index is 0.000000402. The van der Waals surface area contributed by atoms with E-state index in [1.165, 1.54) is 6.92 Å². The highest BCUT2D eigenvalue weighted by molar-refractivity contribution is 5.91. The molecule has 2 aromatic rings. The highest BCUT2D eigenvalue weighted by atomic mass is 16.1. The Bertz CT molecular complexity index is 803. The Morgan fingerprint density at radius 2 is 1.89 bits per heavy atom. The molecule has 0 saturated heterocycles. The minimum absolute atomic E-state index is 0.0194. The molecule has 0 saturated carbocycles. The van der Waals surface area contributed by atoms with Crippen molar-refractivity contribution in [1.82, 2.24) is 19.4 Å². The second-order valence-corrected chi connectivity index (χ2v) is 5.49. The van der Waals surface area contributed by atoms with E-state index in [1.807, 2.05) is 20.3 Å². The van der Waals surface area contributed by atoms with Gasteiger partial charge in [-0.2, -0.15) is 5.26 Å².